The van der Waals surface area contributed by atoms with E-state index in [9.17, 15) is 4.79 Å². The van der Waals surface area contributed by atoms with Gasteiger partial charge in [0.25, 0.3) is 0 Å². The molecule has 0 heterocycles. The third kappa shape index (κ3) is 2.35. The maximum Gasteiger partial charge on any atom is 0.321 e. The minimum Gasteiger partial charge on any atom is -0.480 e. The number of hydrogen-bond acceptors (Lipinski definition) is 2. The molecule has 0 aromatic heterocycles. The van der Waals surface area contributed by atoms with Crippen molar-refractivity contribution < 1.29 is 9.90 Å². The van der Waals surface area contributed by atoms with E-state index in [-0.39, 0.29) is 5.41 Å². The van der Waals surface area contributed by atoms with Gasteiger partial charge in [0, 0.05) is 0 Å². The largest absolute Gasteiger partial charge is 0.480 e. The summed E-state index contributed by atoms with van der Waals surface area (Å²) in [5.74, 6) is -0.796. The van der Waals surface area contributed by atoms with Crippen LogP contribution in [0.1, 0.15) is 20.8 Å². The molecule has 3 nitrogen and oxygen atoms in total. The minimum absolute atomic E-state index is 0.222. The lowest BCUT2D eigenvalue weighted by molar-refractivity contribution is -0.142. The number of likely N-dealkylation sites (N-methyl/N-ethyl adjacent to an activating group) is 1. The summed E-state index contributed by atoms with van der Waals surface area (Å²) in [5.41, 5.74) is -0.222. The SMILES string of the molecule is CNC(C(=O)O)C(C)(C)C. The van der Waals surface area contributed by atoms with Crippen LogP contribution in [0.15, 0.2) is 0 Å². The Balaban J connectivity index is 4.22. The standard InChI is InChI=1S/C7H15NO2/c1-7(2,3)5(8-4)6(9)10/h5,8H,1-4H3,(H,9,10). The van der Waals surface area contributed by atoms with Gasteiger partial charge in [-0.1, -0.05) is 20.8 Å². The molecule has 0 aliphatic carbocycles. The van der Waals surface area contributed by atoms with Gasteiger partial charge in [0.1, 0.15) is 6.04 Å². The zero-order valence-electron chi connectivity index (χ0n) is 6.93. The monoisotopic (exact) mass is 145 g/mol. The molecule has 0 fully saturated rings. The summed E-state index contributed by atoms with van der Waals surface area (Å²) in [6, 6.07) is -0.465. The van der Waals surface area contributed by atoms with Crippen LogP contribution in [0.25, 0.3) is 0 Å². The number of hydrogen-bond donors (Lipinski definition) is 2. The molecule has 10 heavy (non-hydrogen) atoms. The van der Waals surface area contributed by atoms with Gasteiger partial charge < -0.3 is 10.4 Å². The van der Waals surface area contributed by atoms with Gasteiger partial charge >= 0.3 is 5.97 Å². The Kier molecular flexibility index (Phi) is 2.84. The van der Waals surface area contributed by atoms with Crippen molar-refractivity contribution in [1.29, 1.82) is 0 Å². The first kappa shape index (κ1) is 9.43. The highest BCUT2D eigenvalue weighted by atomic mass is 16.4. The fourth-order valence-corrected chi connectivity index (χ4v) is 0.927. The van der Waals surface area contributed by atoms with E-state index in [1.54, 1.807) is 7.05 Å². The van der Waals surface area contributed by atoms with E-state index < -0.39 is 12.0 Å². The fraction of sp³-hybridized carbons (Fsp3) is 0.857. The number of aliphatic carboxylic acids is 1. The molecule has 0 saturated heterocycles. The van der Waals surface area contributed by atoms with E-state index in [1.165, 1.54) is 0 Å². The zero-order chi connectivity index (χ0) is 8.36. The Morgan fingerprint density at radius 3 is 1.90 bits per heavy atom. The van der Waals surface area contributed by atoms with Crippen LogP contribution in [0.2, 0.25) is 0 Å². The van der Waals surface area contributed by atoms with Crippen molar-refractivity contribution in [2.24, 2.45) is 5.41 Å². The second-order valence-electron chi connectivity index (χ2n) is 3.43. The number of rotatable bonds is 2. The highest BCUT2D eigenvalue weighted by Gasteiger charge is 2.28. The van der Waals surface area contributed by atoms with Crippen LogP contribution in [0.5, 0.6) is 0 Å². The first-order valence-corrected chi connectivity index (χ1v) is 3.29. The van der Waals surface area contributed by atoms with Crippen LogP contribution < -0.4 is 5.32 Å². The number of carboxylic acid groups (broad SMARTS) is 1. The summed E-state index contributed by atoms with van der Waals surface area (Å²) in [6.07, 6.45) is 0. The molecule has 1 atom stereocenters. The summed E-state index contributed by atoms with van der Waals surface area (Å²) in [7, 11) is 1.66. The average Bonchev–Trinajstić information content (AvgIpc) is 1.60. The quantitative estimate of drug-likeness (QED) is 0.601. The van der Waals surface area contributed by atoms with Gasteiger partial charge in [-0.15, -0.1) is 0 Å². The smallest absolute Gasteiger partial charge is 0.321 e. The van der Waals surface area contributed by atoms with Gasteiger partial charge in [-0.05, 0) is 12.5 Å². The lowest BCUT2D eigenvalue weighted by Gasteiger charge is -2.26. The van der Waals surface area contributed by atoms with Crippen LogP contribution >= 0.6 is 0 Å². The van der Waals surface area contributed by atoms with Gasteiger partial charge in [0.05, 0.1) is 0 Å². The maximum absolute atomic E-state index is 10.5. The van der Waals surface area contributed by atoms with E-state index in [4.69, 9.17) is 5.11 Å². The van der Waals surface area contributed by atoms with Gasteiger partial charge in [-0.3, -0.25) is 4.79 Å². The molecular formula is C7H15NO2. The van der Waals surface area contributed by atoms with Crippen molar-refractivity contribution in [2.75, 3.05) is 7.05 Å². The van der Waals surface area contributed by atoms with Gasteiger partial charge in [-0.2, -0.15) is 0 Å². The topological polar surface area (TPSA) is 49.3 Å². The van der Waals surface area contributed by atoms with Crippen LogP contribution in [0, 0.1) is 5.41 Å². The summed E-state index contributed by atoms with van der Waals surface area (Å²) < 4.78 is 0. The van der Waals surface area contributed by atoms with E-state index in [0.29, 0.717) is 0 Å². The Labute approximate surface area is 61.4 Å². The number of carboxylic acids is 1. The molecule has 0 bridgehead atoms. The van der Waals surface area contributed by atoms with E-state index in [0.717, 1.165) is 0 Å². The maximum atomic E-state index is 10.5. The molecule has 0 aromatic carbocycles. The average molecular weight is 145 g/mol. The summed E-state index contributed by atoms with van der Waals surface area (Å²) in [6.45, 7) is 5.67. The van der Waals surface area contributed by atoms with Gasteiger partial charge in [-0.25, -0.2) is 0 Å². The molecule has 2 N–H and O–H groups in total. The molecule has 0 aromatic rings. The van der Waals surface area contributed by atoms with Crippen LogP contribution in [-0.2, 0) is 4.79 Å². The Hall–Kier alpha value is -0.570. The van der Waals surface area contributed by atoms with E-state index in [1.807, 2.05) is 20.8 Å². The Morgan fingerprint density at radius 2 is 1.90 bits per heavy atom. The van der Waals surface area contributed by atoms with Crippen molar-refractivity contribution in [1.82, 2.24) is 5.32 Å². The molecule has 3 heteroatoms. The molecule has 60 valence electrons. The number of nitrogens with one attached hydrogen (secondary N) is 1. The third-order valence-electron chi connectivity index (χ3n) is 1.40. The van der Waals surface area contributed by atoms with Crippen molar-refractivity contribution in [3.8, 4) is 0 Å². The molecule has 0 aliphatic rings. The first-order chi connectivity index (χ1) is 4.39. The zero-order valence-corrected chi connectivity index (χ0v) is 6.93. The van der Waals surface area contributed by atoms with E-state index >= 15 is 0 Å². The molecular weight excluding hydrogens is 130 g/mol. The van der Waals surface area contributed by atoms with Gasteiger partial charge in [0.2, 0.25) is 0 Å². The predicted octanol–water partition coefficient (Wildman–Crippen LogP) is 0.705. The normalized spacial score (nSPS) is 14.8. The minimum atomic E-state index is -0.796. The van der Waals surface area contributed by atoms with E-state index in [2.05, 4.69) is 5.32 Å². The van der Waals surface area contributed by atoms with Crippen molar-refractivity contribution >= 4 is 5.97 Å². The molecule has 0 spiro atoms. The summed E-state index contributed by atoms with van der Waals surface area (Å²) >= 11 is 0. The second-order valence-corrected chi connectivity index (χ2v) is 3.43. The third-order valence-corrected chi connectivity index (χ3v) is 1.40. The lowest BCUT2D eigenvalue weighted by atomic mass is 9.87. The van der Waals surface area contributed by atoms with Crippen molar-refractivity contribution in [2.45, 2.75) is 26.8 Å². The summed E-state index contributed by atoms with van der Waals surface area (Å²) in [5, 5.41) is 11.4. The second kappa shape index (κ2) is 3.01. The molecule has 0 amide bonds. The predicted molar refractivity (Wildman–Crippen MR) is 39.9 cm³/mol. The molecule has 0 saturated carbocycles. The summed E-state index contributed by atoms with van der Waals surface area (Å²) in [4.78, 5) is 10.5. The van der Waals surface area contributed by atoms with Crippen LogP contribution in [0.3, 0.4) is 0 Å². The fourth-order valence-electron chi connectivity index (χ4n) is 0.927. The molecule has 0 radical (unpaired) electrons. The number of carbonyl (C=O) groups is 1. The van der Waals surface area contributed by atoms with Crippen LogP contribution in [-0.4, -0.2) is 24.2 Å². The highest BCUT2D eigenvalue weighted by molar-refractivity contribution is 5.74. The van der Waals surface area contributed by atoms with Crippen molar-refractivity contribution in [3.63, 3.8) is 0 Å². The first-order valence-electron chi connectivity index (χ1n) is 3.29. The lowest BCUT2D eigenvalue weighted by Crippen LogP contribution is -2.44. The molecule has 0 rings (SSSR count). The van der Waals surface area contributed by atoms with Gasteiger partial charge in [0.15, 0.2) is 0 Å². The molecule has 1 unspecified atom stereocenters. The highest BCUT2D eigenvalue weighted by Crippen LogP contribution is 2.18. The Bertz CT molecular complexity index is 126. The van der Waals surface area contributed by atoms with Crippen LogP contribution in [0.4, 0.5) is 0 Å². The van der Waals surface area contributed by atoms with Crippen molar-refractivity contribution in [3.05, 3.63) is 0 Å². The Morgan fingerprint density at radius 1 is 1.50 bits per heavy atom. The molecule has 0 aliphatic heterocycles.